The van der Waals surface area contributed by atoms with Crippen molar-refractivity contribution in [3.05, 3.63) is 50.9 Å². The van der Waals surface area contributed by atoms with E-state index in [4.69, 9.17) is 49.8 Å². The van der Waals surface area contributed by atoms with E-state index in [1.807, 2.05) is 5.43 Å². The Morgan fingerprint density at radius 1 is 1.25 bits per heavy atom. The molecule has 1 amide bonds. The molecule has 5 nitrogen and oxygen atoms in total. The van der Waals surface area contributed by atoms with Crippen LogP contribution in [0.2, 0.25) is 15.1 Å². The van der Waals surface area contributed by atoms with Crippen molar-refractivity contribution in [2.24, 2.45) is 5.84 Å². The predicted molar refractivity (Wildman–Crippen MR) is 76.2 cm³/mol. The van der Waals surface area contributed by atoms with Crippen molar-refractivity contribution in [1.82, 2.24) is 5.43 Å². The first-order valence-corrected chi connectivity index (χ1v) is 6.51. The lowest BCUT2D eigenvalue weighted by atomic mass is 10.2. The van der Waals surface area contributed by atoms with Gasteiger partial charge in [-0.25, -0.2) is 5.84 Å². The van der Waals surface area contributed by atoms with E-state index in [9.17, 15) is 4.79 Å². The van der Waals surface area contributed by atoms with Gasteiger partial charge in [0.25, 0.3) is 5.91 Å². The first kappa shape index (κ1) is 15.0. The van der Waals surface area contributed by atoms with Crippen LogP contribution in [-0.2, 0) is 6.61 Å². The summed E-state index contributed by atoms with van der Waals surface area (Å²) < 4.78 is 10.6. The standard InChI is InChI=1S/C12H9Cl3N2O3/c13-7-3-9(15)10(4-8(7)14)20-5-11-6(1-2-19-11)12(18)17-16/h1-4H,5,16H2,(H,17,18). The molecule has 0 atom stereocenters. The number of ether oxygens (including phenoxy) is 1. The highest BCUT2D eigenvalue weighted by atomic mass is 35.5. The lowest BCUT2D eigenvalue weighted by Crippen LogP contribution is -2.30. The zero-order valence-electron chi connectivity index (χ0n) is 9.95. The van der Waals surface area contributed by atoms with Crippen LogP contribution in [0.4, 0.5) is 0 Å². The van der Waals surface area contributed by atoms with Gasteiger partial charge < -0.3 is 9.15 Å². The molecule has 1 aromatic carbocycles. The van der Waals surface area contributed by atoms with E-state index in [0.717, 1.165) is 0 Å². The molecule has 0 saturated carbocycles. The lowest BCUT2D eigenvalue weighted by molar-refractivity contribution is 0.0949. The quantitative estimate of drug-likeness (QED) is 0.388. The van der Waals surface area contributed by atoms with Crippen LogP contribution in [0.25, 0.3) is 0 Å². The molecule has 0 spiro atoms. The highest BCUT2D eigenvalue weighted by Gasteiger charge is 2.15. The average molecular weight is 336 g/mol. The number of nitrogens with two attached hydrogens (primary N) is 1. The molecule has 20 heavy (non-hydrogen) atoms. The molecule has 3 N–H and O–H groups in total. The van der Waals surface area contributed by atoms with E-state index >= 15 is 0 Å². The van der Waals surface area contributed by atoms with Gasteiger partial charge >= 0.3 is 0 Å². The van der Waals surface area contributed by atoms with Crippen LogP contribution >= 0.6 is 34.8 Å². The fraction of sp³-hybridized carbons (Fsp3) is 0.0833. The second kappa shape index (κ2) is 6.37. The van der Waals surface area contributed by atoms with Crippen molar-refractivity contribution in [2.75, 3.05) is 0 Å². The van der Waals surface area contributed by atoms with E-state index in [0.29, 0.717) is 26.6 Å². The molecule has 1 aromatic heterocycles. The molecular formula is C12H9Cl3N2O3. The van der Waals surface area contributed by atoms with Crippen LogP contribution in [0.3, 0.4) is 0 Å². The molecule has 0 unspecified atom stereocenters. The summed E-state index contributed by atoms with van der Waals surface area (Å²) in [5.41, 5.74) is 2.30. The van der Waals surface area contributed by atoms with Crippen molar-refractivity contribution in [3.8, 4) is 5.75 Å². The molecule has 0 saturated heterocycles. The number of carbonyl (C=O) groups is 1. The molecule has 0 aliphatic rings. The van der Waals surface area contributed by atoms with Gasteiger partial charge in [0, 0.05) is 6.07 Å². The van der Waals surface area contributed by atoms with Crippen LogP contribution in [0.1, 0.15) is 16.1 Å². The second-order valence-corrected chi connectivity index (χ2v) is 4.94. The Morgan fingerprint density at radius 3 is 2.65 bits per heavy atom. The molecule has 0 bridgehead atoms. The summed E-state index contributed by atoms with van der Waals surface area (Å²) >= 11 is 17.7. The average Bonchev–Trinajstić information content (AvgIpc) is 2.89. The van der Waals surface area contributed by atoms with E-state index in [1.165, 1.54) is 24.5 Å². The number of nitrogens with one attached hydrogen (secondary N) is 1. The van der Waals surface area contributed by atoms with E-state index in [2.05, 4.69) is 0 Å². The highest BCUT2D eigenvalue weighted by Crippen LogP contribution is 2.34. The summed E-state index contributed by atoms with van der Waals surface area (Å²) in [5.74, 6) is 5.24. The molecule has 8 heteroatoms. The van der Waals surface area contributed by atoms with Crippen molar-refractivity contribution < 1.29 is 13.9 Å². The molecule has 0 aliphatic carbocycles. The number of hydrazine groups is 1. The van der Waals surface area contributed by atoms with E-state index < -0.39 is 5.91 Å². The number of furan rings is 1. The fourth-order valence-electron chi connectivity index (χ4n) is 1.49. The van der Waals surface area contributed by atoms with Crippen LogP contribution in [0.5, 0.6) is 5.75 Å². The summed E-state index contributed by atoms with van der Waals surface area (Å²) in [6.07, 6.45) is 1.36. The van der Waals surface area contributed by atoms with Crippen LogP contribution < -0.4 is 16.0 Å². The Bertz CT molecular complexity index is 643. The molecule has 0 radical (unpaired) electrons. The number of amides is 1. The first-order valence-electron chi connectivity index (χ1n) is 5.37. The topological polar surface area (TPSA) is 77.5 Å². The van der Waals surface area contributed by atoms with Gasteiger partial charge in [-0.05, 0) is 12.1 Å². The lowest BCUT2D eigenvalue weighted by Gasteiger charge is -2.09. The number of benzene rings is 1. The summed E-state index contributed by atoms with van der Waals surface area (Å²) in [6.45, 7) is -0.00651. The minimum Gasteiger partial charge on any atom is -0.484 e. The molecule has 0 aliphatic heterocycles. The van der Waals surface area contributed by atoms with E-state index in [1.54, 1.807) is 0 Å². The van der Waals surface area contributed by atoms with Gasteiger partial charge in [-0.15, -0.1) is 0 Å². The highest BCUT2D eigenvalue weighted by molar-refractivity contribution is 6.43. The maximum Gasteiger partial charge on any atom is 0.268 e. The molecular weight excluding hydrogens is 327 g/mol. The number of halogens is 3. The fourth-order valence-corrected chi connectivity index (χ4v) is 2.08. The SMILES string of the molecule is NNC(=O)c1ccoc1COc1cc(Cl)c(Cl)cc1Cl. The predicted octanol–water partition coefficient (Wildman–Crippen LogP) is 3.42. The van der Waals surface area contributed by atoms with Crippen LogP contribution in [0, 0.1) is 0 Å². The monoisotopic (exact) mass is 334 g/mol. The van der Waals surface area contributed by atoms with Crippen molar-refractivity contribution in [2.45, 2.75) is 6.61 Å². The van der Waals surface area contributed by atoms with Crippen LogP contribution in [-0.4, -0.2) is 5.91 Å². The zero-order chi connectivity index (χ0) is 14.7. The number of rotatable bonds is 4. The Morgan fingerprint density at radius 2 is 1.95 bits per heavy atom. The zero-order valence-corrected chi connectivity index (χ0v) is 12.2. The third-order valence-corrected chi connectivity index (χ3v) is 3.47. The van der Waals surface area contributed by atoms with Gasteiger partial charge in [-0.1, -0.05) is 34.8 Å². The Balaban J connectivity index is 2.15. The van der Waals surface area contributed by atoms with Crippen molar-refractivity contribution in [1.29, 1.82) is 0 Å². The molecule has 1 heterocycles. The van der Waals surface area contributed by atoms with Crippen molar-refractivity contribution >= 4 is 40.7 Å². The van der Waals surface area contributed by atoms with Crippen molar-refractivity contribution in [3.63, 3.8) is 0 Å². The molecule has 2 rings (SSSR count). The number of nitrogen functional groups attached to an aromatic ring is 1. The second-order valence-electron chi connectivity index (χ2n) is 3.72. The van der Waals surface area contributed by atoms with Gasteiger partial charge in [0.1, 0.15) is 12.4 Å². The third kappa shape index (κ3) is 3.19. The largest absolute Gasteiger partial charge is 0.484 e. The Kier molecular flexibility index (Phi) is 4.77. The van der Waals surface area contributed by atoms with Crippen LogP contribution in [0.15, 0.2) is 28.9 Å². The van der Waals surface area contributed by atoms with Gasteiger partial charge in [-0.2, -0.15) is 0 Å². The Hall–Kier alpha value is -1.40. The number of hydrogen-bond acceptors (Lipinski definition) is 4. The molecule has 2 aromatic rings. The Labute approximate surface area is 129 Å². The minimum absolute atomic E-state index is 0.00651. The maximum atomic E-state index is 11.5. The summed E-state index contributed by atoms with van der Waals surface area (Å²) in [5, 5.41) is 0.937. The van der Waals surface area contributed by atoms with Gasteiger partial charge in [0.15, 0.2) is 5.76 Å². The van der Waals surface area contributed by atoms with Gasteiger partial charge in [0.2, 0.25) is 0 Å². The smallest absolute Gasteiger partial charge is 0.268 e. The first-order chi connectivity index (χ1) is 9.52. The van der Waals surface area contributed by atoms with Gasteiger partial charge in [0.05, 0.1) is 26.9 Å². The molecule has 0 fully saturated rings. The summed E-state index contributed by atoms with van der Waals surface area (Å²) in [4.78, 5) is 11.5. The van der Waals surface area contributed by atoms with Gasteiger partial charge in [-0.3, -0.25) is 10.2 Å². The normalized spacial score (nSPS) is 10.4. The van der Waals surface area contributed by atoms with E-state index in [-0.39, 0.29) is 12.2 Å². The number of carbonyl (C=O) groups excluding carboxylic acids is 1. The minimum atomic E-state index is -0.474. The molecule has 106 valence electrons. The maximum absolute atomic E-state index is 11.5. The summed E-state index contributed by atoms with van der Waals surface area (Å²) in [7, 11) is 0. The third-order valence-electron chi connectivity index (χ3n) is 2.45. The summed E-state index contributed by atoms with van der Waals surface area (Å²) in [6, 6.07) is 4.44. The number of hydrogen-bond donors (Lipinski definition) is 2.